The monoisotopic (exact) mass is 336 g/mol. The number of carbonyl (C=O) groups excluding carboxylic acids is 1. The maximum atomic E-state index is 13.5. The highest BCUT2D eigenvalue weighted by atomic mass is 79.9. The fraction of sp³-hybridized carbons (Fsp3) is 0.364. The molecular weight excluding hydrogens is 326 g/mol. The highest BCUT2D eigenvalue weighted by Gasteiger charge is 2.23. The normalized spacial score (nSPS) is 19.6. The summed E-state index contributed by atoms with van der Waals surface area (Å²) >= 11 is 4.62. The third-order valence-electron chi connectivity index (χ3n) is 2.49. The van der Waals surface area contributed by atoms with Crippen LogP contribution in [-0.4, -0.2) is 30.0 Å². The Labute approximate surface area is 116 Å². The molecule has 1 atom stereocenters. The average Bonchev–Trinajstić information content (AvgIpc) is 2.34. The molecule has 3 nitrogen and oxygen atoms in total. The molecule has 1 heterocycles. The van der Waals surface area contributed by atoms with Gasteiger partial charge in [0, 0.05) is 22.5 Å². The van der Waals surface area contributed by atoms with Crippen LogP contribution >= 0.6 is 27.7 Å². The first-order valence-electron chi connectivity index (χ1n) is 5.34. The molecule has 2 rings (SSSR count). The fourth-order valence-corrected chi connectivity index (χ4v) is 2.94. The number of hydrogen-bond acceptors (Lipinski definition) is 3. The first-order valence-corrected chi connectivity index (χ1v) is 7.29. The zero-order valence-electron chi connectivity index (χ0n) is 9.30. The Morgan fingerprint density at radius 2 is 2.11 bits per heavy atom. The van der Waals surface area contributed by atoms with Crippen molar-refractivity contribution in [2.45, 2.75) is 6.04 Å². The summed E-state index contributed by atoms with van der Waals surface area (Å²) in [5, 5.41) is 5.29. The van der Waals surface area contributed by atoms with E-state index in [0.29, 0.717) is 16.8 Å². The number of hydrogen-bond donors (Lipinski definition) is 2. The molecule has 0 bridgehead atoms. The van der Waals surface area contributed by atoms with E-state index in [1.54, 1.807) is 11.8 Å². The van der Waals surface area contributed by atoms with E-state index in [1.165, 1.54) is 0 Å². The van der Waals surface area contributed by atoms with Gasteiger partial charge in [-0.15, -0.1) is 0 Å². The van der Waals surface area contributed by atoms with Crippen molar-refractivity contribution in [1.82, 2.24) is 5.32 Å². The van der Waals surface area contributed by atoms with Crippen LogP contribution in [0.5, 0.6) is 0 Å². The van der Waals surface area contributed by atoms with Gasteiger partial charge in [-0.3, -0.25) is 4.79 Å². The minimum absolute atomic E-state index is 0.293. The van der Waals surface area contributed by atoms with Crippen LogP contribution in [0.25, 0.3) is 0 Å². The second kappa shape index (κ2) is 5.99. The number of benzene rings is 1. The quantitative estimate of drug-likeness (QED) is 0.871. The van der Waals surface area contributed by atoms with E-state index in [4.69, 9.17) is 0 Å². The van der Waals surface area contributed by atoms with Crippen LogP contribution < -0.4 is 10.6 Å². The van der Waals surface area contributed by atoms with Gasteiger partial charge in [-0.05, 0) is 12.1 Å². The van der Waals surface area contributed by atoms with Crippen molar-refractivity contribution in [2.75, 3.05) is 23.4 Å². The fourth-order valence-electron chi connectivity index (χ4n) is 1.61. The Hall–Kier alpha value is -0.660. The molecule has 98 valence electrons. The molecule has 1 aromatic rings. The number of nitrogens with one attached hydrogen (secondary N) is 2. The summed E-state index contributed by atoms with van der Waals surface area (Å²) < 4.78 is 27.4. The lowest BCUT2D eigenvalue weighted by atomic mass is 10.2. The summed E-state index contributed by atoms with van der Waals surface area (Å²) in [4.78, 5) is 11.8. The first kappa shape index (κ1) is 13.8. The van der Waals surface area contributed by atoms with Crippen molar-refractivity contribution in [3.63, 3.8) is 0 Å². The van der Waals surface area contributed by atoms with E-state index in [0.717, 1.165) is 17.9 Å². The molecule has 0 aromatic heterocycles. The van der Waals surface area contributed by atoms with Crippen molar-refractivity contribution in [1.29, 1.82) is 0 Å². The standard InChI is InChI=1S/C11H11BrF2N2OS/c12-6-3-7(13)10(8(14)4-6)16-11(17)9-5-18-2-1-15-9/h3-4,9,15H,1-2,5H2,(H,16,17). The van der Waals surface area contributed by atoms with Crippen LogP contribution in [0.3, 0.4) is 0 Å². The van der Waals surface area contributed by atoms with Crippen molar-refractivity contribution in [2.24, 2.45) is 0 Å². The molecule has 2 N–H and O–H groups in total. The van der Waals surface area contributed by atoms with Gasteiger partial charge in [-0.2, -0.15) is 11.8 Å². The Balaban J connectivity index is 2.11. The van der Waals surface area contributed by atoms with Crippen molar-refractivity contribution < 1.29 is 13.6 Å². The molecule has 0 aliphatic carbocycles. The van der Waals surface area contributed by atoms with E-state index < -0.39 is 29.3 Å². The molecule has 0 radical (unpaired) electrons. The lowest BCUT2D eigenvalue weighted by molar-refractivity contribution is -0.117. The zero-order chi connectivity index (χ0) is 13.1. The van der Waals surface area contributed by atoms with Gasteiger partial charge >= 0.3 is 0 Å². The Kier molecular flexibility index (Phi) is 4.58. The van der Waals surface area contributed by atoms with Crippen LogP contribution in [0.15, 0.2) is 16.6 Å². The SMILES string of the molecule is O=C(Nc1c(F)cc(Br)cc1F)C1CSCCN1. The minimum atomic E-state index is -0.793. The number of amides is 1. The summed E-state index contributed by atoms with van der Waals surface area (Å²) in [7, 11) is 0. The molecule has 7 heteroatoms. The Morgan fingerprint density at radius 3 is 2.67 bits per heavy atom. The highest BCUT2D eigenvalue weighted by molar-refractivity contribution is 9.10. The zero-order valence-corrected chi connectivity index (χ0v) is 11.7. The molecule has 1 fully saturated rings. The van der Waals surface area contributed by atoms with Crippen LogP contribution in [0.2, 0.25) is 0 Å². The Bertz CT molecular complexity index is 443. The van der Waals surface area contributed by atoms with Crippen molar-refractivity contribution in [3.8, 4) is 0 Å². The number of anilines is 1. The molecule has 0 spiro atoms. The van der Waals surface area contributed by atoms with Gasteiger partial charge in [0.15, 0.2) is 11.6 Å². The van der Waals surface area contributed by atoms with Gasteiger partial charge in [0.2, 0.25) is 5.91 Å². The summed E-state index contributed by atoms with van der Waals surface area (Å²) in [6.07, 6.45) is 0. The molecule has 1 aliphatic rings. The van der Waals surface area contributed by atoms with Crippen LogP contribution in [0.4, 0.5) is 14.5 Å². The average molecular weight is 337 g/mol. The summed E-state index contributed by atoms with van der Waals surface area (Å²) in [5.74, 6) is -0.462. The number of carbonyl (C=O) groups is 1. The minimum Gasteiger partial charge on any atom is -0.320 e. The predicted molar refractivity (Wildman–Crippen MR) is 71.8 cm³/mol. The third kappa shape index (κ3) is 3.21. The summed E-state index contributed by atoms with van der Waals surface area (Å²) in [5.41, 5.74) is -0.402. The maximum absolute atomic E-state index is 13.5. The summed E-state index contributed by atoms with van der Waals surface area (Å²) in [6.45, 7) is 0.716. The second-order valence-corrected chi connectivity index (χ2v) is 5.88. The second-order valence-electron chi connectivity index (χ2n) is 3.82. The smallest absolute Gasteiger partial charge is 0.242 e. The van der Waals surface area contributed by atoms with Crippen LogP contribution in [0, 0.1) is 11.6 Å². The predicted octanol–water partition coefficient (Wildman–Crippen LogP) is 2.37. The molecule has 1 aliphatic heterocycles. The number of halogens is 3. The van der Waals surface area contributed by atoms with Crippen LogP contribution in [0.1, 0.15) is 0 Å². The maximum Gasteiger partial charge on any atom is 0.242 e. The number of thioether (sulfide) groups is 1. The van der Waals surface area contributed by atoms with E-state index in [1.807, 2.05) is 0 Å². The number of rotatable bonds is 2. The van der Waals surface area contributed by atoms with Crippen molar-refractivity contribution >= 4 is 39.3 Å². The molecule has 1 saturated heterocycles. The van der Waals surface area contributed by atoms with E-state index in [9.17, 15) is 13.6 Å². The van der Waals surface area contributed by atoms with Gasteiger partial charge < -0.3 is 10.6 Å². The largest absolute Gasteiger partial charge is 0.320 e. The molecule has 1 aromatic carbocycles. The lowest BCUT2D eigenvalue weighted by Gasteiger charge is -2.22. The van der Waals surface area contributed by atoms with E-state index in [2.05, 4.69) is 26.6 Å². The van der Waals surface area contributed by atoms with E-state index in [-0.39, 0.29) is 0 Å². The molecule has 18 heavy (non-hydrogen) atoms. The summed E-state index contributed by atoms with van der Waals surface area (Å²) in [6, 6.07) is 1.81. The van der Waals surface area contributed by atoms with Crippen LogP contribution in [-0.2, 0) is 4.79 Å². The topological polar surface area (TPSA) is 41.1 Å². The van der Waals surface area contributed by atoms with Gasteiger partial charge in [0.1, 0.15) is 5.69 Å². The van der Waals surface area contributed by atoms with Gasteiger partial charge in [-0.25, -0.2) is 8.78 Å². The first-order chi connectivity index (χ1) is 8.58. The third-order valence-corrected chi connectivity index (χ3v) is 4.01. The van der Waals surface area contributed by atoms with E-state index >= 15 is 0 Å². The molecular formula is C11H11BrF2N2OS. The Morgan fingerprint density at radius 1 is 1.44 bits per heavy atom. The highest BCUT2D eigenvalue weighted by Crippen LogP contribution is 2.24. The van der Waals surface area contributed by atoms with Gasteiger partial charge in [0.25, 0.3) is 0 Å². The van der Waals surface area contributed by atoms with Crippen molar-refractivity contribution in [3.05, 3.63) is 28.2 Å². The van der Waals surface area contributed by atoms with Gasteiger partial charge in [-0.1, -0.05) is 15.9 Å². The van der Waals surface area contributed by atoms with Gasteiger partial charge in [0.05, 0.1) is 6.04 Å². The lowest BCUT2D eigenvalue weighted by Crippen LogP contribution is -2.46. The molecule has 1 amide bonds. The molecule has 0 saturated carbocycles. The molecule has 1 unspecified atom stereocenters.